The molecule has 90 valence electrons. The van der Waals surface area contributed by atoms with E-state index in [2.05, 4.69) is 50.2 Å². The van der Waals surface area contributed by atoms with Gasteiger partial charge in [-0.2, -0.15) is 0 Å². The predicted molar refractivity (Wildman–Crippen MR) is 68.3 cm³/mol. The molecule has 0 amide bonds. The molecule has 0 aliphatic heterocycles. The van der Waals surface area contributed by atoms with Gasteiger partial charge in [0, 0.05) is 19.6 Å². The second kappa shape index (κ2) is 6.70. The van der Waals surface area contributed by atoms with Crippen molar-refractivity contribution in [3.63, 3.8) is 0 Å². The van der Waals surface area contributed by atoms with Crippen molar-refractivity contribution >= 4 is 5.96 Å². The molecular formula is C12H27N3. The Kier molecular flexibility index (Phi) is 6.37. The van der Waals surface area contributed by atoms with Gasteiger partial charge in [-0.3, -0.25) is 4.99 Å². The first kappa shape index (κ1) is 14.3. The van der Waals surface area contributed by atoms with E-state index in [9.17, 15) is 0 Å². The monoisotopic (exact) mass is 213 g/mol. The van der Waals surface area contributed by atoms with Gasteiger partial charge in [-0.1, -0.05) is 20.8 Å². The van der Waals surface area contributed by atoms with Crippen LogP contribution in [0.1, 0.15) is 47.5 Å². The average Bonchev–Trinajstić information content (AvgIpc) is 2.13. The minimum absolute atomic E-state index is 0.414. The summed E-state index contributed by atoms with van der Waals surface area (Å²) in [4.78, 5) is 4.16. The van der Waals surface area contributed by atoms with Gasteiger partial charge in [0.25, 0.3) is 0 Å². The van der Waals surface area contributed by atoms with Crippen LogP contribution in [-0.2, 0) is 0 Å². The van der Waals surface area contributed by atoms with Gasteiger partial charge in [0.15, 0.2) is 5.96 Å². The molecule has 0 rings (SSSR count). The average molecular weight is 213 g/mol. The highest BCUT2D eigenvalue weighted by atomic mass is 15.2. The van der Waals surface area contributed by atoms with Crippen LogP contribution in [0.25, 0.3) is 0 Å². The molecular weight excluding hydrogens is 186 g/mol. The van der Waals surface area contributed by atoms with Crippen molar-refractivity contribution in [1.29, 1.82) is 0 Å². The smallest absolute Gasteiger partial charge is 0.191 e. The third-order valence-corrected chi connectivity index (χ3v) is 2.28. The van der Waals surface area contributed by atoms with E-state index in [4.69, 9.17) is 0 Å². The lowest BCUT2D eigenvalue weighted by atomic mass is 9.89. The Morgan fingerprint density at radius 1 is 1.33 bits per heavy atom. The van der Waals surface area contributed by atoms with Crippen LogP contribution in [0.2, 0.25) is 0 Å². The van der Waals surface area contributed by atoms with Crippen molar-refractivity contribution in [2.24, 2.45) is 10.4 Å². The number of aliphatic imine (C=N–C) groups is 1. The van der Waals surface area contributed by atoms with Crippen LogP contribution in [0.15, 0.2) is 4.99 Å². The van der Waals surface area contributed by atoms with E-state index in [0.717, 1.165) is 12.5 Å². The Hall–Kier alpha value is -0.730. The maximum absolute atomic E-state index is 4.16. The molecule has 1 atom stereocenters. The minimum atomic E-state index is 0.414. The summed E-state index contributed by atoms with van der Waals surface area (Å²) in [6.45, 7) is 12.0. The lowest BCUT2D eigenvalue weighted by Crippen LogP contribution is -2.42. The molecule has 0 aromatic carbocycles. The standard InChI is InChI=1S/C12H27N3/c1-7-14-11(13-6)15-10(2)8-9-12(3,4)5/h10H,7-9H2,1-6H3,(H2,13,14,15). The number of nitrogens with one attached hydrogen (secondary N) is 2. The third-order valence-electron chi connectivity index (χ3n) is 2.28. The summed E-state index contributed by atoms with van der Waals surface area (Å²) in [5.41, 5.74) is 0.414. The van der Waals surface area contributed by atoms with E-state index in [1.165, 1.54) is 12.8 Å². The van der Waals surface area contributed by atoms with Crippen molar-refractivity contribution in [1.82, 2.24) is 10.6 Å². The maximum Gasteiger partial charge on any atom is 0.191 e. The number of hydrogen-bond acceptors (Lipinski definition) is 1. The van der Waals surface area contributed by atoms with Gasteiger partial charge >= 0.3 is 0 Å². The summed E-state index contributed by atoms with van der Waals surface area (Å²) in [5.74, 6) is 0.902. The molecule has 0 aromatic heterocycles. The van der Waals surface area contributed by atoms with Gasteiger partial charge in [0.1, 0.15) is 0 Å². The van der Waals surface area contributed by atoms with E-state index < -0.39 is 0 Å². The highest BCUT2D eigenvalue weighted by molar-refractivity contribution is 5.79. The molecule has 3 heteroatoms. The Balaban J connectivity index is 3.87. The second-order valence-corrected chi connectivity index (χ2v) is 5.25. The molecule has 0 spiro atoms. The first-order valence-corrected chi connectivity index (χ1v) is 5.86. The molecule has 0 bridgehead atoms. The fraction of sp³-hybridized carbons (Fsp3) is 0.917. The van der Waals surface area contributed by atoms with Gasteiger partial charge < -0.3 is 10.6 Å². The van der Waals surface area contributed by atoms with Crippen LogP contribution >= 0.6 is 0 Å². The molecule has 0 saturated heterocycles. The first-order valence-electron chi connectivity index (χ1n) is 5.86. The summed E-state index contributed by atoms with van der Waals surface area (Å²) < 4.78 is 0. The van der Waals surface area contributed by atoms with Crippen molar-refractivity contribution in [2.45, 2.75) is 53.5 Å². The fourth-order valence-corrected chi connectivity index (χ4v) is 1.32. The zero-order valence-corrected chi connectivity index (χ0v) is 11.1. The molecule has 1 unspecified atom stereocenters. The molecule has 2 N–H and O–H groups in total. The number of rotatable bonds is 4. The highest BCUT2D eigenvalue weighted by Crippen LogP contribution is 2.21. The quantitative estimate of drug-likeness (QED) is 0.556. The van der Waals surface area contributed by atoms with Crippen molar-refractivity contribution < 1.29 is 0 Å². The number of hydrogen-bond donors (Lipinski definition) is 2. The summed E-state index contributed by atoms with van der Waals surface area (Å²) in [6.07, 6.45) is 2.40. The van der Waals surface area contributed by atoms with Crippen LogP contribution in [0.5, 0.6) is 0 Å². The van der Waals surface area contributed by atoms with Crippen LogP contribution in [-0.4, -0.2) is 25.6 Å². The molecule has 0 aliphatic carbocycles. The molecule has 0 heterocycles. The molecule has 0 aliphatic rings. The lowest BCUT2D eigenvalue weighted by Gasteiger charge is -2.22. The maximum atomic E-state index is 4.16. The van der Waals surface area contributed by atoms with Gasteiger partial charge in [0.05, 0.1) is 0 Å². The highest BCUT2D eigenvalue weighted by Gasteiger charge is 2.12. The van der Waals surface area contributed by atoms with Crippen LogP contribution in [0.4, 0.5) is 0 Å². The first-order chi connectivity index (χ1) is 6.89. The normalized spacial score (nSPS) is 14.9. The Morgan fingerprint density at radius 3 is 2.33 bits per heavy atom. The summed E-state index contributed by atoms with van der Waals surface area (Å²) >= 11 is 0. The molecule has 15 heavy (non-hydrogen) atoms. The van der Waals surface area contributed by atoms with Crippen molar-refractivity contribution in [3.8, 4) is 0 Å². The Bertz CT molecular complexity index is 192. The number of guanidine groups is 1. The molecule has 0 aromatic rings. The van der Waals surface area contributed by atoms with Crippen LogP contribution < -0.4 is 10.6 Å². The van der Waals surface area contributed by atoms with Gasteiger partial charge in [-0.25, -0.2) is 0 Å². The molecule has 0 fully saturated rings. The van der Waals surface area contributed by atoms with E-state index >= 15 is 0 Å². The van der Waals surface area contributed by atoms with Gasteiger partial charge in [0.2, 0.25) is 0 Å². The SMILES string of the molecule is CCNC(=NC)NC(C)CCC(C)(C)C. The number of nitrogens with zero attached hydrogens (tertiary/aromatic N) is 1. The summed E-state index contributed by atoms with van der Waals surface area (Å²) in [7, 11) is 1.81. The zero-order chi connectivity index (χ0) is 11.9. The molecule has 0 saturated carbocycles. The third kappa shape index (κ3) is 8.28. The molecule has 3 nitrogen and oxygen atoms in total. The summed E-state index contributed by atoms with van der Waals surface area (Å²) in [5, 5.41) is 6.58. The van der Waals surface area contributed by atoms with E-state index in [1.54, 1.807) is 0 Å². The van der Waals surface area contributed by atoms with Gasteiger partial charge in [-0.15, -0.1) is 0 Å². The van der Waals surface area contributed by atoms with Crippen LogP contribution in [0, 0.1) is 5.41 Å². The largest absolute Gasteiger partial charge is 0.357 e. The van der Waals surface area contributed by atoms with E-state index in [0.29, 0.717) is 11.5 Å². The fourth-order valence-electron chi connectivity index (χ4n) is 1.32. The lowest BCUT2D eigenvalue weighted by molar-refractivity contribution is 0.346. The Labute approximate surface area is 94.7 Å². The summed E-state index contributed by atoms with van der Waals surface area (Å²) in [6, 6.07) is 0.474. The Morgan fingerprint density at radius 2 is 1.93 bits per heavy atom. The molecule has 0 radical (unpaired) electrons. The van der Waals surface area contributed by atoms with E-state index in [1.807, 2.05) is 7.05 Å². The topological polar surface area (TPSA) is 36.4 Å². The van der Waals surface area contributed by atoms with Crippen LogP contribution in [0.3, 0.4) is 0 Å². The van der Waals surface area contributed by atoms with E-state index in [-0.39, 0.29) is 0 Å². The van der Waals surface area contributed by atoms with Crippen molar-refractivity contribution in [2.75, 3.05) is 13.6 Å². The minimum Gasteiger partial charge on any atom is -0.357 e. The van der Waals surface area contributed by atoms with Gasteiger partial charge in [-0.05, 0) is 32.1 Å². The predicted octanol–water partition coefficient (Wildman–Crippen LogP) is 2.39. The second-order valence-electron chi connectivity index (χ2n) is 5.25. The zero-order valence-electron chi connectivity index (χ0n) is 11.1. The van der Waals surface area contributed by atoms with Crippen molar-refractivity contribution in [3.05, 3.63) is 0 Å².